The highest BCUT2D eigenvalue weighted by atomic mass is 16.4. The average molecular weight is 460 g/mol. The van der Waals surface area contributed by atoms with Crippen molar-refractivity contribution in [2.45, 2.75) is 64.0 Å². The minimum Gasteiger partial charge on any atom is -0.481 e. The number of benzene rings is 2. The molecule has 1 aliphatic carbocycles. The molecule has 0 bridgehead atoms. The zero-order valence-corrected chi connectivity index (χ0v) is 19.5. The molecular weight excluding hydrogens is 430 g/mol. The van der Waals surface area contributed by atoms with Gasteiger partial charge in [-0.3, -0.25) is 18.7 Å². The van der Waals surface area contributed by atoms with Crippen molar-refractivity contribution in [1.29, 1.82) is 0 Å². The minimum absolute atomic E-state index is 0.235. The number of carboxylic acids is 1. The molecule has 1 unspecified atom stereocenters. The van der Waals surface area contributed by atoms with Gasteiger partial charge in [-0.25, -0.2) is 4.79 Å². The van der Waals surface area contributed by atoms with Crippen molar-refractivity contribution in [2.24, 2.45) is 0 Å². The van der Waals surface area contributed by atoms with Crippen LogP contribution >= 0.6 is 0 Å². The van der Waals surface area contributed by atoms with Crippen LogP contribution in [0.2, 0.25) is 0 Å². The van der Waals surface area contributed by atoms with E-state index in [4.69, 9.17) is 0 Å². The summed E-state index contributed by atoms with van der Waals surface area (Å²) >= 11 is 0. The number of nitrogens with zero attached hydrogens (tertiary/aromatic N) is 2. The SMILES string of the molecule is Cc1cccc2[nH]cc(C(C)n3c(=O)n(C4(CC(=O)O)CCCCC4)c(=O)c4ccccc43)c12. The highest BCUT2D eigenvalue weighted by molar-refractivity contribution is 5.87. The first-order chi connectivity index (χ1) is 16.3. The fourth-order valence-corrected chi connectivity index (χ4v) is 5.91. The molecule has 1 aliphatic rings. The van der Waals surface area contributed by atoms with E-state index < -0.39 is 22.8 Å². The van der Waals surface area contributed by atoms with Crippen LogP contribution in [0.4, 0.5) is 0 Å². The Morgan fingerprint density at radius 3 is 2.56 bits per heavy atom. The number of hydrogen-bond donors (Lipinski definition) is 2. The van der Waals surface area contributed by atoms with Gasteiger partial charge in [0.2, 0.25) is 0 Å². The van der Waals surface area contributed by atoms with Gasteiger partial charge in [-0.1, -0.05) is 43.5 Å². The molecule has 1 fully saturated rings. The fraction of sp³-hybridized carbons (Fsp3) is 0.370. The van der Waals surface area contributed by atoms with Crippen molar-refractivity contribution in [1.82, 2.24) is 14.1 Å². The summed E-state index contributed by atoms with van der Waals surface area (Å²) < 4.78 is 2.95. The van der Waals surface area contributed by atoms with E-state index in [1.165, 1.54) is 4.57 Å². The van der Waals surface area contributed by atoms with E-state index in [0.717, 1.165) is 41.3 Å². The van der Waals surface area contributed by atoms with E-state index in [-0.39, 0.29) is 12.5 Å². The first-order valence-electron chi connectivity index (χ1n) is 11.9. The number of aromatic nitrogens is 3. The summed E-state index contributed by atoms with van der Waals surface area (Å²) in [7, 11) is 0. The third-order valence-electron chi connectivity index (χ3n) is 7.52. The number of aromatic amines is 1. The molecule has 34 heavy (non-hydrogen) atoms. The smallest absolute Gasteiger partial charge is 0.332 e. The monoisotopic (exact) mass is 459 g/mol. The summed E-state index contributed by atoms with van der Waals surface area (Å²) in [5.74, 6) is -0.992. The largest absolute Gasteiger partial charge is 0.481 e. The van der Waals surface area contributed by atoms with E-state index >= 15 is 0 Å². The van der Waals surface area contributed by atoms with Crippen LogP contribution < -0.4 is 11.2 Å². The van der Waals surface area contributed by atoms with E-state index in [1.807, 2.05) is 44.3 Å². The molecule has 2 aromatic carbocycles. The Balaban J connectivity index is 1.83. The molecule has 0 aliphatic heterocycles. The predicted molar refractivity (Wildman–Crippen MR) is 133 cm³/mol. The summed E-state index contributed by atoms with van der Waals surface area (Å²) in [6.07, 6.45) is 5.27. The van der Waals surface area contributed by atoms with Gasteiger partial charge < -0.3 is 10.1 Å². The second kappa shape index (κ2) is 8.31. The maximum atomic E-state index is 14.2. The van der Waals surface area contributed by atoms with Gasteiger partial charge in [0, 0.05) is 22.7 Å². The van der Waals surface area contributed by atoms with Crippen LogP contribution in [0.15, 0.2) is 58.3 Å². The highest BCUT2D eigenvalue weighted by Crippen LogP contribution is 2.37. The summed E-state index contributed by atoms with van der Waals surface area (Å²) in [5.41, 5.74) is 1.75. The average Bonchev–Trinajstić information content (AvgIpc) is 3.25. The van der Waals surface area contributed by atoms with Gasteiger partial charge in [0.25, 0.3) is 5.56 Å². The molecule has 1 saturated carbocycles. The molecule has 0 saturated heterocycles. The standard InChI is InChI=1S/C27H29N3O4/c1-17-9-8-11-21-24(17)20(16-28-21)18(2)29-22-12-5-4-10-19(22)25(33)30(26(29)34)27(15-23(31)32)13-6-3-7-14-27/h4-5,8-12,16,18,28H,3,6-7,13-15H2,1-2H3,(H,31,32). The number of para-hydroxylation sites is 1. The molecule has 4 aromatic rings. The molecule has 0 spiro atoms. The lowest BCUT2D eigenvalue weighted by atomic mass is 9.79. The molecule has 5 rings (SSSR count). The van der Waals surface area contributed by atoms with Gasteiger partial charge in [0.1, 0.15) is 0 Å². The second-order valence-electron chi connectivity index (χ2n) is 9.58. The topological polar surface area (TPSA) is 97.1 Å². The number of aliphatic carboxylic acids is 1. The molecule has 0 amide bonds. The molecule has 0 radical (unpaired) electrons. The van der Waals surface area contributed by atoms with Crippen molar-refractivity contribution >= 4 is 27.8 Å². The van der Waals surface area contributed by atoms with Crippen molar-refractivity contribution in [3.63, 3.8) is 0 Å². The lowest BCUT2D eigenvalue weighted by Gasteiger charge is -2.38. The van der Waals surface area contributed by atoms with Gasteiger partial charge in [-0.2, -0.15) is 0 Å². The summed E-state index contributed by atoms with van der Waals surface area (Å²) in [6.45, 7) is 4.00. The van der Waals surface area contributed by atoms with E-state index in [0.29, 0.717) is 23.7 Å². The molecule has 1 atom stereocenters. The van der Waals surface area contributed by atoms with Crippen LogP contribution in [-0.4, -0.2) is 25.2 Å². The fourth-order valence-electron chi connectivity index (χ4n) is 5.91. The predicted octanol–water partition coefficient (Wildman–Crippen LogP) is 4.70. The number of aryl methyl sites for hydroxylation is 1. The van der Waals surface area contributed by atoms with Crippen molar-refractivity contribution in [3.8, 4) is 0 Å². The third-order valence-corrected chi connectivity index (χ3v) is 7.52. The number of nitrogens with one attached hydrogen (secondary N) is 1. The molecule has 176 valence electrons. The molecule has 2 N–H and O–H groups in total. The van der Waals surface area contributed by atoms with Crippen LogP contribution in [0, 0.1) is 6.92 Å². The van der Waals surface area contributed by atoms with Crippen LogP contribution in [0.5, 0.6) is 0 Å². The lowest BCUT2D eigenvalue weighted by molar-refractivity contribution is -0.140. The van der Waals surface area contributed by atoms with Crippen molar-refractivity contribution in [2.75, 3.05) is 0 Å². The lowest BCUT2D eigenvalue weighted by Crippen LogP contribution is -2.53. The Bertz CT molecular complexity index is 1520. The number of rotatable bonds is 5. The zero-order chi connectivity index (χ0) is 24.0. The first-order valence-corrected chi connectivity index (χ1v) is 11.9. The maximum Gasteiger partial charge on any atom is 0.332 e. The van der Waals surface area contributed by atoms with Gasteiger partial charge in [-0.05, 0) is 50.5 Å². The zero-order valence-electron chi connectivity index (χ0n) is 19.5. The summed E-state index contributed by atoms with van der Waals surface area (Å²) in [6, 6.07) is 12.8. The van der Waals surface area contributed by atoms with Gasteiger partial charge in [-0.15, -0.1) is 0 Å². The molecular formula is C27H29N3O4. The minimum atomic E-state index is -1.01. The maximum absolute atomic E-state index is 14.2. The summed E-state index contributed by atoms with van der Waals surface area (Å²) in [5, 5.41) is 11.2. The third kappa shape index (κ3) is 3.38. The Morgan fingerprint density at radius 2 is 1.82 bits per heavy atom. The number of H-pyrrole nitrogens is 1. The Morgan fingerprint density at radius 1 is 1.09 bits per heavy atom. The summed E-state index contributed by atoms with van der Waals surface area (Å²) in [4.78, 5) is 43.1. The Labute approximate surface area is 196 Å². The molecule has 7 heteroatoms. The second-order valence-corrected chi connectivity index (χ2v) is 9.58. The van der Waals surface area contributed by atoms with Crippen molar-refractivity contribution < 1.29 is 9.90 Å². The van der Waals surface area contributed by atoms with Gasteiger partial charge in [0.05, 0.1) is 28.9 Å². The van der Waals surface area contributed by atoms with Crippen LogP contribution in [-0.2, 0) is 10.3 Å². The van der Waals surface area contributed by atoms with Gasteiger partial charge >= 0.3 is 11.7 Å². The van der Waals surface area contributed by atoms with E-state index in [1.54, 1.807) is 22.8 Å². The quantitative estimate of drug-likeness (QED) is 0.452. The van der Waals surface area contributed by atoms with E-state index in [2.05, 4.69) is 4.98 Å². The molecule has 7 nitrogen and oxygen atoms in total. The first kappa shape index (κ1) is 22.2. The highest BCUT2D eigenvalue weighted by Gasteiger charge is 2.40. The number of carbonyl (C=O) groups is 1. The Hall–Kier alpha value is -3.61. The van der Waals surface area contributed by atoms with Crippen molar-refractivity contribution in [3.05, 3.63) is 80.6 Å². The molecule has 2 heterocycles. The van der Waals surface area contributed by atoms with Crippen LogP contribution in [0.25, 0.3) is 21.8 Å². The van der Waals surface area contributed by atoms with Gasteiger partial charge in [0.15, 0.2) is 0 Å². The number of fused-ring (bicyclic) bond motifs is 2. The number of hydrogen-bond acceptors (Lipinski definition) is 3. The Kier molecular flexibility index (Phi) is 5.42. The normalized spacial score (nSPS) is 16.6. The van der Waals surface area contributed by atoms with Crippen LogP contribution in [0.1, 0.15) is 62.6 Å². The van der Waals surface area contributed by atoms with Crippen LogP contribution in [0.3, 0.4) is 0 Å². The molecule has 2 aromatic heterocycles. The van der Waals surface area contributed by atoms with E-state index in [9.17, 15) is 19.5 Å². The number of carboxylic acid groups (broad SMARTS) is 1.